The van der Waals surface area contributed by atoms with Crippen molar-refractivity contribution in [2.45, 2.75) is 13.1 Å². The molecule has 2 N–H and O–H groups in total. The molecule has 0 saturated carbocycles. The van der Waals surface area contributed by atoms with E-state index in [0.29, 0.717) is 33.4 Å². The van der Waals surface area contributed by atoms with Gasteiger partial charge in [-0.3, -0.25) is 9.78 Å². The average Bonchev–Trinajstić information content (AvgIpc) is 2.78. The number of hydrogen-bond acceptors (Lipinski definition) is 3. The van der Waals surface area contributed by atoms with Crippen LogP contribution in [0.3, 0.4) is 0 Å². The lowest BCUT2D eigenvalue weighted by molar-refractivity contribution is -0.137. The van der Waals surface area contributed by atoms with Gasteiger partial charge in [-0.2, -0.15) is 13.2 Å². The maximum absolute atomic E-state index is 13.3. The number of carboxylic acid groups (broad SMARTS) is 1. The number of aryl methyl sites for hydroxylation is 1. The van der Waals surface area contributed by atoms with Gasteiger partial charge in [0.25, 0.3) is 5.91 Å². The Morgan fingerprint density at radius 1 is 0.909 bits per heavy atom. The Morgan fingerprint density at radius 3 is 2.30 bits per heavy atom. The van der Waals surface area contributed by atoms with E-state index in [1.165, 1.54) is 12.1 Å². The van der Waals surface area contributed by atoms with E-state index in [2.05, 4.69) is 10.3 Å². The van der Waals surface area contributed by atoms with Crippen LogP contribution in [0.15, 0.2) is 72.8 Å². The fraction of sp³-hybridized carbons (Fsp3) is 0.0800. The second kappa shape index (κ2) is 8.38. The number of rotatable bonds is 4. The van der Waals surface area contributed by atoms with Crippen molar-refractivity contribution < 1.29 is 27.9 Å². The van der Waals surface area contributed by atoms with Crippen molar-refractivity contribution in [3.05, 3.63) is 95.2 Å². The van der Waals surface area contributed by atoms with Gasteiger partial charge in [-0.25, -0.2) is 4.79 Å². The molecule has 8 heteroatoms. The highest BCUT2D eigenvalue weighted by molar-refractivity contribution is 6.09. The molecule has 0 unspecified atom stereocenters. The van der Waals surface area contributed by atoms with Crippen LogP contribution in [0.5, 0.6) is 0 Å². The molecule has 5 nitrogen and oxygen atoms in total. The third-order valence-electron chi connectivity index (χ3n) is 5.17. The normalized spacial score (nSPS) is 11.4. The molecule has 0 aliphatic heterocycles. The zero-order valence-electron chi connectivity index (χ0n) is 17.3. The van der Waals surface area contributed by atoms with Crippen molar-refractivity contribution in [3.63, 3.8) is 0 Å². The summed E-state index contributed by atoms with van der Waals surface area (Å²) in [5.74, 6) is -1.81. The van der Waals surface area contributed by atoms with Crippen molar-refractivity contribution in [1.29, 1.82) is 0 Å². The summed E-state index contributed by atoms with van der Waals surface area (Å²) < 4.78 is 39.9. The van der Waals surface area contributed by atoms with E-state index in [1.54, 1.807) is 55.5 Å². The van der Waals surface area contributed by atoms with E-state index in [1.807, 2.05) is 0 Å². The summed E-state index contributed by atoms with van der Waals surface area (Å²) >= 11 is 0. The number of pyridine rings is 1. The Labute approximate surface area is 186 Å². The summed E-state index contributed by atoms with van der Waals surface area (Å²) in [5.41, 5.74) is 1.06. The molecule has 0 fully saturated rings. The van der Waals surface area contributed by atoms with Gasteiger partial charge in [-0.1, -0.05) is 42.5 Å². The van der Waals surface area contributed by atoms with Gasteiger partial charge in [0, 0.05) is 16.6 Å². The zero-order valence-corrected chi connectivity index (χ0v) is 17.3. The third-order valence-corrected chi connectivity index (χ3v) is 5.17. The number of nitrogens with one attached hydrogen (secondary N) is 1. The molecule has 0 atom stereocenters. The monoisotopic (exact) mass is 450 g/mol. The molecule has 4 rings (SSSR count). The molecule has 166 valence electrons. The predicted octanol–water partition coefficient (Wildman–Crippen LogP) is 6.18. The van der Waals surface area contributed by atoms with E-state index in [0.717, 1.165) is 12.1 Å². The van der Waals surface area contributed by atoms with E-state index < -0.39 is 23.6 Å². The number of anilines is 1. The smallest absolute Gasteiger partial charge is 0.416 e. The van der Waals surface area contributed by atoms with E-state index in [-0.39, 0.29) is 11.1 Å². The van der Waals surface area contributed by atoms with Crippen LogP contribution in [-0.4, -0.2) is 22.0 Å². The number of carbonyl (C=O) groups is 2. The average molecular weight is 450 g/mol. The molecule has 3 aromatic carbocycles. The lowest BCUT2D eigenvalue weighted by Gasteiger charge is -2.14. The van der Waals surface area contributed by atoms with Gasteiger partial charge in [0.05, 0.1) is 22.3 Å². The molecule has 0 radical (unpaired) electrons. The minimum atomic E-state index is -4.60. The molecule has 1 amide bonds. The molecule has 1 aromatic heterocycles. The SMILES string of the molecule is Cc1nc2cc(NC(=O)c3cc(C(F)(F)F)ccc3-c3ccccc3)ccc2cc1C(=O)O. The molecule has 4 aromatic rings. The van der Waals surface area contributed by atoms with Crippen LogP contribution in [0.25, 0.3) is 22.0 Å². The Kier molecular flexibility index (Phi) is 5.59. The van der Waals surface area contributed by atoms with Crippen LogP contribution in [0.4, 0.5) is 18.9 Å². The summed E-state index contributed by atoms with van der Waals surface area (Å²) in [6, 6.07) is 17.9. The molecular weight excluding hydrogens is 433 g/mol. The molecule has 0 aliphatic rings. The van der Waals surface area contributed by atoms with E-state index in [4.69, 9.17) is 0 Å². The first-order chi connectivity index (χ1) is 15.6. The van der Waals surface area contributed by atoms with Crippen molar-refractivity contribution in [2.24, 2.45) is 0 Å². The van der Waals surface area contributed by atoms with Crippen LogP contribution in [0.1, 0.15) is 32.0 Å². The van der Waals surface area contributed by atoms with Crippen molar-refractivity contribution in [1.82, 2.24) is 4.98 Å². The molecule has 0 bridgehead atoms. The number of amides is 1. The first kappa shape index (κ1) is 22.0. The largest absolute Gasteiger partial charge is 0.478 e. The first-order valence-corrected chi connectivity index (χ1v) is 9.86. The van der Waals surface area contributed by atoms with Gasteiger partial charge in [0.2, 0.25) is 0 Å². The summed E-state index contributed by atoms with van der Waals surface area (Å²) in [6.45, 7) is 1.56. The summed E-state index contributed by atoms with van der Waals surface area (Å²) in [5, 5.41) is 12.4. The highest BCUT2D eigenvalue weighted by Crippen LogP contribution is 2.34. The Balaban J connectivity index is 1.73. The lowest BCUT2D eigenvalue weighted by atomic mass is 9.96. The Hall–Kier alpha value is -4.20. The van der Waals surface area contributed by atoms with Crippen LogP contribution in [-0.2, 0) is 6.18 Å². The number of hydrogen-bond donors (Lipinski definition) is 2. The number of aromatic carboxylic acids is 1. The summed E-state index contributed by atoms with van der Waals surface area (Å²) in [6.07, 6.45) is -4.60. The van der Waals surface area contributed by atoms with Crippen molar-refractivity contribution in [3.8, 4) is 11.1 Å². The molecule has 0 saturated heterocycles. The third kappa shape index (κ3) is 4.55. The maximum atomic E-state index is 13.3. The van der Waals surface area contributed by atoms with Crippen molar-refractivity contribution in [2.75, 3.05) is 5.32 Å². The summed E-state index contributed by atoms with van der Waals surface area (Å²) in [7, 11) is 0. The number of aromatic nitrogens is 1. The van der Waals surface area contributed by atoms with Crippen LogP contribution in [0.2, 0.25) is 0 Å². The van der Waals surface area contributed by atoms with Crippen LogP contribution in [0, 0.1) is 6.92 Å². The van der Waals surface area contributed by atoms with E-state index >= 15 is 0 Å². The molecule has 1 heterocycles. The predicted molar refractivity (Wildman–Crippen MR) is 118 cm³/mol. The number of carbonyl (C=O) groups excluding carboxylic acids is 1. The van der Waals surface area contributed by atoms with Crippen LogP contribution >= 0.6 is 0 Å². The quantitative estimate of drug-likeness (QED) is 0.389. The topological polar surface area (TPSA) is 79.3 Å². The Morgan fingerprint density at radius 2 is 1.64 bits per heavy atom. The van der Waals surface area contributed by atoms with Crippen LogP contribution < -0.4 is 5.32 Å². The number of halogens is 3. The zero-order chi connectivity index (χ0) is 23.8. The summed E-state index contributed by atoms with van der Waals surface area (Å²) in [4.78, 5) is 28.6. The number of benzene rings is 3. The molecule has 0 aliphatic carbocycles. The number of fused-ring (bicyclic) bond motifs is 1. The lowest BCUT2D eigenvalue weighted by Crippen LogP contribution is -2.15. The highest BCUT2D eigenvalue weighted by Gasteiger charge is 2.32. The van der Waals surface area contributed by atoms with Gasteiger partial charge >= 0.3 is 12.1 Å². The van der Waals surface area contributed by atoms with Gasteiger partial charge < -0.3 is 10.4 Å². The highest BCUT2D eigenvalue weighted by atomic mass is 19.4. The molecule has 33 heavy (non-hydrogen) atoms. The minimum Gasteiger partial charge on any atom is -0.478 e. The second-order valence-corrected chi connectivity index (χ2v) is 7.41. The minimum absolute atomic E-state index is 0.0655. The molecular formula is C25H17F3N2O3. The Bertz CT molecular complexity index is 1380. The fourth-order valence-electron chi connectivity index (χ4n) is 3.53. The van der Waals surface area contributed by atoms with Crippen molar-refractivity contribution >= 4 is 28.5 Å². The van der Waals surface area contributed by atoms with Gasteiger partial charge in [-0.15, -0.1) is 0 Å². The van der Waals surface area contributed by atoms with Gasteiger partial charge in [0.1, 0.15) is 0 Å². The molecule has 0 spiro atoms. The first-order valence-electron chi connectivity index (χ1n) is 9.86. The number of carboxylic acids is 1. The number of nitrogens with zero attached hydrogens (tertiary/aromatic N) is 1. The van der Waals surface area contributed by atoms with Gasteiger partial charge in [0.15, 0.2) is 0 Å². The second-order valence-electron chi connectivity index (χ2n) is 7.41. The van der Waals surface area contributed by atoms with Gasteiger partial charge in [-0.05, 0) is 48.4 Å². The standard InChI is InChI=1S/C25H17F3N2O3/c1-14-20(24(32)33)11-16-7-9-18(13-22(16)29-14)30-23(31)21-12-17(25(26,27)28)8-10-19(21)15-5-3-2-4-6-15/h2-13H,1H3,(H,30,31)(H,32,33). The fourth-order valence-corrected chi connectivity index (χ4v) is 3.53. The number of alkyl halides is 3. The maximum Gasteiger partial charge on any atom is 0.416 e. The van der Waals surface area contributed by atoms with E-state index in [9.17, 15) is 27.9 Å².